The Kier molecular flexibility index (Phi) is 14.2. The molecular weight excluding hydrogens is 1090 g/mol. The van der Waals surface area contributed by atoms with E-state index < -0.39 is 0 Å². The van der Waals surface area contributed by atoms with Gasteiger partial charge in [0.1, 0.15) is 22.6 Å². The molecule has 1 aliphatic heterocycles. The molecule has 13 rings (SSSR count). The quantitative estimate of drug-likeness (QED) is 0.174. The Balaban J connectivity index is 1.16. The predicted octanol–water partition coefficient (Wildman–Crippen LogP) is 23.1. The number of nitrogens with one attached hydrogen (secondary N) is 2. The lowest BCUT2D eigenvalue weighted by molar-refractivity contribution is 0.590. The van der Waals surface area contributed by atoms with E-state index in [9.17, 15) is 0 Å². The van der Waals surface area contributed by atoms with Gasteiger partial charge in [-0.25, -0.2) is 19.9 Å². The molecule has 4 heterocycles. The lowest BCUT2D eigenvalue weighted by atomic mass is 9.84. The molecule has 452 valence electrons. The molecule has 3 aromatic heterocycles. The molecule has 1 aliphatic rings. The monoisotopic (exact) mass is 1180 g/mol. The van der Waals surface area contributed by atoms with Crippen LogP contribution in [0.5, 0.6) is 0 Å². The third-order valence-electron chi connectivity index (χ3n) is 18.7. The number of hydrogen-bond acceptors (Lipinski definition) is 4. The van der Waals surface area contributed by atoms with E-state index in [4.69, 9.17) is 19.9 Å². The Morgan fingerprint density at radius 2 is 0.378 bits per heavy atom. The van der Waals surface area contributed by atoms with Gasteiger partial charge in [0.2, 0.25) is 0 Å². The van der Waals surface area contributed by atoms with Gasteiger partial charge in [-0.15, -0.1) is 0 Å². The number of fused-ring (bicyclic) bond motifs is 15. The molecule has 0 saturated carbocycles. The minimum absolute atomic E-state index is 0.00593. The van der Waals surface area contributed by atoms with E-state index in [0.717, 1.165) is 99.4 Å². The molecule has 2 N–H and O–H groups in total. The second kappa shape index (κ2) is 21.3. The van der Waals surface area contributed by atoms with Crippen LogP contribution in [0.15, 0.2) is 182 Å². The average Bonchev–Trinajstić information content (AvgIpc) is 1.61. The number of rotatable bonds is 6. The van der Waals surface area contributed by atoms with E-state index in [1.165, 1.54) is 33.4 Å². The van der Waals surface area contributed by atoms with Crippen molar-refractivity contribution in [2.75, 3.05) is 0 Å². The lowest BCUT2D eigenvalue weighted by Gasteiger charge is -2.21. The van der Waals surface area contributed by atoms with E-state index in [1.54, 1.807) is 0 Å². The lowest BCUT2D eigenvalue weighted by Crippen LogP contribution is -2.10. The van der Waals surface area contributed by atoms with Crippen molar-refractivity contribution in [3.8, 4) is 89.5 Å². The SMILES string of the molecule is CC(C)(C)c1ccc(-c2cc3c(cc2-c2ccc(C(C)(C)C)cc2)-c2nc-3nc3[nH]c(nc4[nH]c(n2)c2cc(-c5ccc(C(C)(C)C)cc5)c(-c5ccc(C(C)(C)C)cc5)cc42)c2cc(-c4ccc(C(C)(C)C)cc4)c(-c4ccc(C(C)(C)C)cc4)cc32)cc1. The van der Waals surface area contributed by atoms with Crippen molar-refractivity contribution >= 4 is 44.1 Å². The Morgan fingerprint density at radius 3 is 0.567 bits per heavy atom. The number of aromatic nitrogens is 6. The van der Waals surface area contributed by atoms with E-state index in [2.05, 4.69) is 317 Å². The fraction of sp³-hybridized carbons (Fsp3) is 0.286. The molecule has 0 fully saturated rings. The van der Waals surface area contributed by atoms with Crippen LogP contribution in [0, 0.1) is 0 Å². The third kappa shape index (κ3) is 11.2. The molecule has 0 aliphatic carbocycles. The highest BCUT2D eigenvalue weighted by atomic mass is 15.0. The highest BCUT2D eigenvalue weighted by Gasteiger charge is 2.28. The molecule has 90 heavy (non-hydrogen) atoms. The number of benzene rings is 9. The zero-order valence-corrected chi connectivity index (χ0v) is 56.1. The van der Waals surface area contributed by atoms with Gasteiger partial charge in [-0.2, -0.15) is 0 Å². The molecule has 0 radical (unpaired) electrons. The summed E-state index contributed by atoms with van der Waals surface area (Å²) in [6, 6.07) is 68.7. The first-order chi connectivity index (χ1) is 42.3. The highest BCUT2D eigenvalue weighted by molar-refractivity contribution is 6.13. The van der Waals surface area contributed by atoms with Gasteiger partial charge >= 0.3 is 0 Å². The minimum Gasteiger partial charge on any atom is -0.324 e. The molecule has 6 nitrogen and oxygen atoms in total. The maximum Gasteiger partial charge on any atom is 0.164 e. The van der Waals surface area contributed by atoms with Crippen molar-refractivity contribution in [2.45, 2.75) is 157 Å². The third-order valence-corrected chi connectivity index (χ3v) is 18.7. The molecule has 6 bridgehead atoms. The topological polar surface area (TPSA) is 83.1 Å². The second-order valence-corrected chi connectivity index (χ2v) is 31.5. The van der Waals surface area contributed by atoms with Gasteiger partial charge in [0, 0.05) is 32.7 Å². The summed E-state index contributed by atoms with van der Waals surface area (Å²) in [5.74, 6) is 1.16. The van der Waals surface area contributed by atoms with Crippen LogP contribution in [-0.2, 0) is 32.5 Å². The zero-order valence-electron chi connectivity index (χ0n) is 56.1. The van der Waals surface area contributed by atoms with Crippen LogP contribution >= 0.6 is 0 Å². The summed E-state index contributed by atoms with van der Waals surface area (Å²) in [7, 11) is 0. The Bertz CT molecular complexity index is 4530. The van der Waals surface area contributed by atoms with Crippen molar-refractivity contribution in [1.82, 2.24) is 29.9 Å². The van der Waals surface area contributed by atoms with Crippen molar-refractivity contribution in [1.29, 1.82) is 0 Å². The summed E-state index contributed by atoms with van der Waals surface area (Å²) in [5, 5.41) is 3.78. The van der Waals surface area contributed by atoms with Gasteiger partial charge in [0.15, 0.2) is 11.6 Å². The van der Waals surface area contributed by atoms with Crippen LogP contribution in [0.25, 0.3) is 134 Å². The van der Waals surface area contributed by atoms with E-state index in [-0.39, 0.29) is 32.5 Å². The summed E-state index contributed by atoms with van der Waals surface area (Å²) in [6.07, 6.45) is 0. The van der Waals surface area contributed by atoms with Gasteiger partial charge in [-0.05, 0) is 169 Å². The minimum atomic E-state index is -0.00797. The first-order valence-electron chi connectivity index (χ1n) is 32.2. The van der Waals surface area contributed by atoms with Crippen LogP contribution in [0.1, 0.15) is 158 Å². The van der Waals surface area contributed by atoms with E-state index >= 15 is 0 Å². The van der Waals surface area contributed by atoms with Gasteiger partial charge in [-0.3, -0.25) is 0 Å². The van der Waals surface area contributed by atoms with Crippen LogP contribution < -0.4 is 0 Å². The zero-order chi connectivity index (χ0) is 63.8. The normalized spacial score (nSPS) is 13.0. The molecule has 0 spiro atoms. The first-order valence-corrected chi connectivity index (χ1v) is 32.2. The number of H-pyrrole nitrogens is 2. The molecule has 9 aromatic carbocycles. The summed E-state index contributed by atoms with van der Waals surface area (Å²) in [6.45, 7) is 40.9. The molecule has 0 saturated heterocycles. The number of nitrogens with zero attached hydrogens (tertiary/aromatic N) is 4. The molecule has 0 atom stereocenters. The molecule has 6 heteroatoms. The first kappa shape index (κ1) is 59.9. The van der Waals surface area contributed by atoms with Crippen LogP contribution in [0.4, 0.5) is 0 Å². The van der Waals surface area contributed by atoms with Crippen LogP contribution in [0.2, 0.25) is 0 Å². The second-order valence-electron chi connectivity index (χ2n) is 31.5. The summed E-state index contributed by atoms with van der Waals surface area (Å²) in [5.41, 5.74) is 25.6. The van der Waals surface area contributed by atoms with Crippen molar-refractivity contribution in [2.24, 2.45) is 0 Å². The molecule has 0 amide bonds. The average molecular weight is 1180 g/mol. The fourth-order valence-corrected chi connectivity index (χ4v) is 12.8. The maximum absolute atomic E-state index is 5.73. The molecular formula is C84H86N6. The predicted molar refractivity (Wildman–Crippen MR) is 383 cm³/mol. The Hall–Kier alpha value is -9.00. The highest BCUT2D eigenvalue weighted by Crippen LogP contribution is 2.47. The number of aromatic amines is 2. The molecule has 0 unspecified atom stereocenters. The van der Waals surface area contributed by atoms with Gasteiger partial charge in [0.05, 0.1) is 0 Å². The Labute approximate surface area is 533 Å². The standard InChI is InChI=1S/C84H86N6/c1-79(2,3)55-31-19-49(20-32-55)61-43-67-68(44-62(61)50-21-33-56(34-22-50)80(4,5)6)74-85-73(67)88-75-69-45-63(51-23-35-57(36-24-51)81(7,8)9)64(52-25-37-58(38-26-52)82(10,11)12)46-70(69)77(86-75)90-78-72-48-66(54-29-41-60(42-30-54)84(16,17)18)65(47-71(72)76(87-78)89-74)53-27-39-59(40-28-53)83(13,14)15/h19-48H,1-18H3,(H2,85,86,87,88,89,90). The maximum atomic E-state index is 5.73. The van der Waals surface area contributed by atoms with E-state index in [0.29, 0.717) is 34.2 Å². The van der Waals surface area contributed by atoms with Crippen molar-refractivity contribution in [3.05, 3.63) is 215 Å². The van der Waals surface area contributed by atoms with Crippen molar-refractivity contribution in [3.63, 3.8) is 0 Å². The van der Waals surface area contributed by atoms with Gasteiger partial charge in [-0.1, -0.05) is 270 Å². The largest absolute Gasteiger partial charge is 0.324 e. The van der Waals surface area contributed by atoms with E-state index in [1.807, 2.05) is 0 Å². The van der Waals surface area contributed by atoms with Crippen LogP contribution in [0.3, 0.4) is 0 Å². The summed E-state index contributed by atoms with van der Waals surface area (Å²) >= 11 is 0. The number of hydrogen-bond donors (Lipinski definition) is 2. The molecule has 12 aromatic rings. The Morgan fingerprint density at radius 1 is 0.200 bits per heavy atom. The fourth-order valence-electron chi connectivity index (χ4n) is 12.8. The summed E-state index contributed by atoms with van der Waals surface area (Å²) in [4.78, 5) is 30.4. The van der Waals surface area contributed by atoms with Crippen LogP contribution in [-0.4, -0.2) is 29.9 Å². The van der Waals surface area contributed by atoms with Crippen molar-refractivity contribution < 1.29 is 0 Å². The summed E-state index contributed by atoms with van der Waals surface area (Å²) < 4.78 is 0. The van der Waals surface area contributed by atoms with Gasteiger partial charge in [0.25, 0.3) is 0 Å². The van der Waals surface area contributed by atoms with Gasteiger partial charge < -0.3 is 9.97 Å². The smallest absolute Gasteiger partial charge is 0.164 e.